The van der Waals surface area contributed by atoms with Gasteiger partial charge in [0, 0.05) is 72.2 Å². The molecule has 162 valence electrons. The Hall–Kier alpha value is -2.90. The number of hydrogen-bond acceptors (Lipinski definition) is 6. The summed E-state index contributed by atoms with van der Waals surface area (Å²) in [5.41, 5.74) is 2.45. The van der Waals surface area contributed by atoms with Crippen molar-refractivity contribution >= 4 is 11.6 Å². The van der Waals surface area contributed by atoms with Gasteiger partial charge in [-0.3, -0.25) is 10.2 Å². The molecule has 0 aromatic carbocycles. The van der Waals surface area contributed by atoms with Gasteiger partial charge in [0.05, 0.1) is 13.3 Å². The van der Waals surface area contributed by atoms with Crippen LogP contribution in [0.25, 0.3) is 0 Å². The van der Waals surface area contributed by atoms with Crippen molar-refractivity contribution in [3.63, 3.8) is 0 Å². The molecule has 0 atom stereocenters. The van der Waals surface area contributed by atoms with Crippen LogP contribution >= 0.6 is 0 Å². The molecule has 0 unspecified atom stereocenters. The van der Waals surface area contributed by atoms with Gasteiger partial charge in [-0.15, -0.1) is 0 Å². The molecule has 0 saturated carbocycles. The molecule has 0 aliphatic carbocycles. The van der Waals surface area contributed by atoms with Crippen molar-refractivity contribution in [2.24, 2.45) is 0 Å². The lowest BCUT2D eigenvalue weighted by atomic mass is 9.92. The molecule has 2 aliphatic rings. The molecule has 8 heteroatoms. The zero-order chi connectivity index (χ0) is 21.5. The molecule has 2 N–H and O–H groups in total. The van der Waals surface area contributed by atoms with Crippen LogP contribution in [0.5, 0.6) is 0 Å². The van der Waals surface area contributed by atoms with Gasteiger partial charge in [-0.1, -0.05) is 41.5 Å². The average molecular weight is 411 g/mol. The minimum absolute atomic E-state index is 0.0737. The molecule has 2 aromatic rings. The van der Waals surface area contributed by atoms with Crippen LogP contribution in [0, 0.1) is 0 Å². The summed E-state index contributed by atoms with van der Waals surface area (Å²) in [6, 6.07) is 4.29. The van der Waals surface area contributed by atoms with Crippen LogP contribution in [0.1, 0.15) is 52.9 Å². The van der Waals surface area contributed by atoms with Gasteiger partial charge in [-0.05, 0) is 0 Å². The average Bonchev–Trinajstić information content (AvgIpc) is 3.45. The normalized spacial score (nSPS) is 17.1. The first-order chi connectivity index (χ1) is 14.1. The molecule has 0 fully saturated rings. The van der Waals surface area contributed by atoms with E-state index in [9.17, 15) is 0 Å². The van der Waals surface area contributed by atoms with E-state index < -0.39 is 0 Å². The minimum Gasteiger partial charge on any atom is -0.356 e. The van der Waals surface area contributed by atoms with Crippen LogP contribution in [0.15, 0.2) is 36.9 Å². The van der Waals surface area contributed by atoms with Crippen LogP contribution in [-0.2, 0) is 10.8 Å². The fourth-order valence-corrected chi connectivity index (χ4v) is 3.46. The van der Waals surface area contributed by atoms with Crippen LogP contribution in [0.3, 0.4) is 0 Å². The molecule has 30 heavy (non-hydrogen) atoms. The minimum atomic E-state index is 0.0737. The largest absolute Gasteiger partial charge is 0.356 e. The predicted molar refractivity (Wildman–Crippen MR) is 121 cm³/mol. The summed E-state index contributed by atoms with van der Waals surface area (Å²) in [4.78, 5) is 8.98. The lowest BCUT2D eigenvalue weighted by molar-refractivity contribution is 0.322. The van der Waals surface area contributed by atoms with Crippen molar-refractivity contribution in [1.82, 2.24) is 30.2 Å². The highest BCUT2D eigenvalue weighted by molar-refractivity contribution is 5.46. The smallest absolute Gasteiger partial charge is 0.156 e. The molecule has 0 saturated heterocycles. The van der Waals surface area contributed by atoms with E-state index in [0.29, 0.717) is 0 Å². The van der Waals surface area contributed by atoms with Crippen molar-refractivity contribution in [3.8, 4) is 0 Å². The molecule has 0 spiro atoms. The third kappa shape index (κ3) is 4.32. The third-order valence-electron chi connectivity index (χ3n) is 5.59. The van der Waals surface area contributed by atoms with Crippen molar-refractivity contribution in [1.29, 1.82) is 0 Å². The highest BCUT2D eigenvalue weighted by atomic mass is 15.4. The molecule has 8 nitrogen and oxygen atoms in total. The number of aromatic amines is 2. The van der Waals surface area contributed by atoms with Crippen molar-refractivity contribution in [2.75, 3.05) is 36.2 Å². The first-order valence-electron chi connectivity index (χ1n) is 10.6. The summed E-state index contributed by atoms with van der Waals surface area (Å²) >= 11 is 0. The van der Waals surface area contributed by atoms with Gasteiger partial charge in [-0.25, -0.2) is 0 Å². The second-order valence-electron chi connectivity index (χ2n) is 10.2. The summed E-state index contributed by atoms with van der Waals surface area (Å²) in [5.74, 6) is 1.94. The summed E-state index contributed by atoms with van der Waals surface area (Å²) in [7, 11) is 0. The third-order valence-corrected chi connectivity index (χ3v) is 5.59. The van der Waals surface area contributed by atoms with Gasteiger partial charge in [-0.2, -0.15) is 10.2 Å². The maximum atomic E-state index is 4.48. The first kappa shape index (κ1) is 20.4. The zero-order valence-corrected chi connectivity index (χ0v) is 19.0. The predicted octanol–water partition coefficient (Wildman–Crippen LogP) is 3.53. The van der Waals surface area contributed by atoms with Crippen molar-refractivity contribution in [2.45, 2.75) is 52.4 Å². The highest BCUT2D eigenvalue weighted by Gasteiger charge is 2.23. The van der Waals surface area contributed by atoms with Crippen molar-refractivity contribution in [3.05, 3.63) is 48.3 Å². The quantitative estimate of drug-likeness (QED) is 0.786. The Kier molecular flexibility index (Phi) is 5.03. The molecular weight excluding hydrogens is 376 g/mol. The number of H-pyrrole nitrogens is 2. The molecule has 2 aliphatic heterocycles. The molecule has 0 radical (unpaired) electrons. The standard InChI is InChI=1S/C22H34N8/c1-21(2,3)17-13-19(25-23-17)29-11-9-27(15-29)7-8-28-10-12-30(16-28)20-14-18(24-26-20)22(4,5)6/h9-14H,7-8,15-16H2,1-6H3,(H,23,25)(H,24,26). The van der Waals surface area contributed by atoms with Gasteiger partial charge in [0.1, 0.15) is 0 Å². The highest BCUT2D eigenvalue weighted by Crippen LogP contribution is 2.26. The maximum Gasteiger partial charge on any atom is 0.156 e. The van der Waals surface area contributed by atoms with E-state index in [1.807, 2.05) is 0 Å². The van der Waals surface area contributed by atoms with Gasteiger partial charge < -0.3 is 19.6 Å². The van der Waals surface area contributed by atoms with Crippen LogP contribution in [-0.4, -0.2) is 56.6 Å². The number of nitrogens with one attached hydrogen (secondary N) is 2. The summed E-state index contributed by atoms with van der Waals surface area (Å²) in [5, 5.41) is 15.3. The molecule has 2 aromatic heterocycles. The van der Waals surface area contributed by atoms with E-state index in [0.717, 1.165) is 49.5 Å². The maximum absolute atomic E-state index is 4.48. The van der Waals surface area contributed by atoms with Gasteiger partial charge in [0.25, 0.3) is 0 Å². The Labute approximate surface area is 179 Å². The fourth-order valence-electron chi connectivity index (χ4n) is 3.46. The van der Waals surface area contributed by atoms with Gasteiger partial charge in [0.15, 0.2) is 11.6 Å². The first-order valence-corrected chi connectivity index (χ1v) is 10.6. The lowest BCUT2D eigenvalue weighted by Gasteiger charge is -2.24. The van der Waals surface area contributed by atoms with E-state index >= 15 is 0 Å². The second kappa shape index (κ2) is 7.41. The Bertz CT molecular complexity index is 847. The van der Waals surface area contributed by atoms with E-state index in [1.54, 1.807) is 0 Å². The molecule has 4 rings (SSSR count). The Balaban J connectivity index is 1.26. The Morgan fingerprint density at radius 3 is 1.43 bits per heavy atom. The van der Waals surface area contributed by atoms with Crippen molar-refractivity contribution < 1.29 is 0 Å². The molecule has 0 bridgehead atoms. The van der Waals surface area contributed by atoms with Gasteiger partial charge in [0.2, 0.25) is 0 Å². The number of anilines is 2. The molecular formula is C22H34N8. The number of hydrogen-bond donors (Lipinski definition) is 2. The SMILES string of the molecule is CC(C)(C)c1cc(N2C=CN(CCN3C=CN(c4cc(C(C)(C)C)[nH]n4)C3)C2)n[nH]1. The van der Waals surface area contributed by atoms with E-state index in [-0.39, 0.29) is 10.8 Å². The summed E-state index contributed by atoms with van der Waals surface area (Å²) in [6.07, 6.45) is 8.50. The van der Waals surface area contributed by atoms with E-state index in [4.69, 9.17) is 0 Å². The van der Waals surface area contributed by atoms with Crippen LogP contribution in [0.2, 0.25) is 0 Å². The fraction of sp³-hybridized carbons (Fsp3) is 0.545. The van der Waals surface area contributed by atoms with E-state index in [1.165, 1.54) is 0 Å². The summed E-state index contributed by atoms with van der Waals surface area (Å²) < 4.78 is 0. The Morgan fingerprint density at radius 2 is 1.10 bits per heavy atom. The number of aromatic nitrogens is 4. The van der Waals surface area contributed by atoms with Gasteiger partial charge >= 0.3 is 0 Å². The number of rotatable bonds is 5. The van der Waals surface area contributed by atoms with E-state index in [2.05, 4.69) is 118 Å². The Morgan fingerprint density at radius 1 is 0.700 bits per heavy atom. The summed E-state index contributed by atoms with van der Waals surface area (Å²) in [6.45, 7) is 16.7. The lowest BCUT2D eigenvalue weighted by Crippen LogP contribution is -2.34. The molecule has 4 heterocycles. The number of nitrogens with zero attached hydrogens (tertiary/aromatic N) is 6. The zero-order valence-electron chi connectivity index (χ0n) is 19.0. The second-order valence-corrected chi connectivity index (χ2v) is 10.2. The van der Waals surface area contributed by atoms with Crippen LogP contribution < -0.4 is 9.80 Å². The topological polar surface area (TPSA) is 70.3 Å². The molecule has 0 amide bonds. The van der Waals surface area contributed by atoms with Crippen LogP contribution in [0.4, 0.5) is 11.6 Å². The monoisotopic (exact) mass is 410 g/mol.